The Kier molecular flexibility index (Phi) is 5.62. The van der Waals surface area contributed by atoms with Gasteiger partial charge in [0, 0.05) is 35.5 Å². The Labute approximate surface area is 156 Å². The first kappa shape index (κ1) is 17.1. The normalized spacial score (nSPS) is 10.6. The van der Waals surface area contributed by atoms with Gasteiger partial charge in [-0.15, -0.1) is 0 Å². The number of pyridine rings is 1. The topological polar surface area (TPSA) is 16.1 Å². The lowest BCUT2D eigenvalue weighted by Crippen LogP contribution is -2.22. The van der Waals surface area contributed by atoms with Crippen LogP contribution in [0.15, 0.2) is 67.0 Å². The SMILES string of the molecule is Clc1ccc(CN(Cc2cccnc2)c2ccc(Cl)cc2Cl)cc1. The molecule has 0 amide bonds. The summed E-state index contributed by atoms with van der Waals surface area (Å²) in [7, 11) is 0. The van der Waals surface area contributed by atoms with Crippen LogP contribution in [-0.2, 0) is 13.1 Å². The molecule has 1 heterocycles. The number of nitrogens with zero attached hydrogens (tertiary/aromatic N) is 2. The van der Waals surface area contributed by atoms with Crippen molar-refractivity contribution in [3.8, 4) is 0 Å². The summed E-state index contributed by atoms with van der Waals surface area (Å²) >= 11 is 18.4. The zero-order valence-corrected chi connectivity index (χ0v) is 15.1. The van der Waals surface area contributed by atoms with E-state index in [-0.39, 0.29) is 0 Å². The second kappa shape index (κ2) is 7.89. The van der Waals surface area contributed by atoms with E-state index in [0.29, 0.717) is 23.1 Å². The molecule has 0 spiro atoms. The number of halogens is 3. The number of hydrogen-bond acceptors (Lipinski definition) is 2. The van der Waals surface area contributed by atoms with Gasteiger partial charge in [0.05, 0.1) is 10.7 Å². The Hall–Kier alpha value is -1.74. The van der Waals surface area contributed by atoms with Crippen molar-refractivity contribution in [2.75, 3.05) is 4.90 Å². The largest absolute Gasteiger partial charge is 0.362 e. The second-order valence-corrected chi connectivity index (χ2v) is 6.72. The van der Waals surface area contributed by atoms with E-state index in [2.05, 4.69) is 9.88 Å². The van der Waals surface area contributed by atoms with Crippen LogP contribution in [0.3, 0.4) is 0 Å². The van der Waals surface area contributed by atoms with Gasteiger partial charge >= 0.3 is 0 Å². The molecule has 0 unspecified atom stereocenters. The van der Waals surface area contributed by atoms with Crippen molar-refractivity contribution in [1.29, 1.82) is 0 Å². The standard InChI is InChI=1S/C19H15Cl3N2/c20-16-5-3-14(4-6-16)12-24(13-15-2-1-9-23-11-15)19-8-7-17(21)10-18(19)22/h1-11H,12-13H2. The number of rotatable bonds is 5. The maximum atomic E-state index is 6.42. The van der Waals surface area contributed by atoms with E-state index in [1.54, 1.807) is 12.3 Å². The Balaban J connectivity index is 1.92. The smallest absolute Gasteiger partial charge is 0.0654 e. The Morgan fingerprint density at radius 2 is 1.50 bits per heavy atom. The fraction of sp³-hybridized carbons (Fsp3) is 0.105. The van der Waals surface area contributed by atoms with E-state index >= 15 is 0 Å². The minimum absolute atomic E-state index is 0.622. The predicted molar refractivity (Wildman–Crippen MR) is 102 cm³/mol. The second-order valence-electron chi connectivity index (χ2n) is 5.44. The number of benzene rings is 2. The maximum absolute atomic E-state index is 6.42. The third-order valence-corrected chi connectivity index (χ3v) is 4.42. The summed E-state index contributed by atoms with van der Waals surface area (Å²) in [5, 5.41) is 1.97. The summed E-state index contributed by atoms with van der Waals surface area (Å²) in [5.74, 6) is 0. The molecule has 0 N–H and O–H groups in total. The fourth-order valence-electron chi connectivity index (χ4n) is 2.49. The van der Waals surface area contributed by atoms with E-state index in [1.807, 2.05) is 54.7 Å². The van der Waals surface area contributed by atoms with Gasteiger partial charge in [0.2, 0.25) is 0 Å². The molecule has 3 aromatic rings. The summed E-state index contributed by atoms with van der Waals surface area (Å²) in [6.07, 6.45) is 3.63. The van der Waals surface area contributed by atoms with E-state index in [1.165, 1.54) is 0 Å². The third-order valence-electron chi connectivity index (χ3n) is 3.63. The van der Waals surface area contributed by atoms with Gasteiger partial charge in [-0.1, -0.05) is 53.0 Å². The summed E-state index contributed by atoms with van der Waals surface area (Å²) < 4.78 is 0. The van der Waals surface area contributed by atoms with Crippen molar-refractivity contribution < 1.29 is 0 Å². The van der Waals surface area contributed by atoms with Gasteiger partial charge in [0.1, 0.15) is 0 Å². The molecule has 2 nitrogen and oxygen atoms in total. The molecule has 0 aliphatic carbocycles. The van der Waals surface area contributed by atoms with Crippen LogP contribution >= 0.6 is 34.8 Å². The summed E-state index contributed by atoms with van der Waals surface area (Å²) in [5.41, 5.74) is 3.19. The molecular formula is C19H15Cl3N2. The van der Waals surface area contributed by atoms with E-state index < -0.39 is 0 Å². The Morgan fingerprint density at radius 3 is 2.17 bits per heavy atom. The third kappa shape index (κ3) is 4.41. The van der Waals surface area contributed by atoms with Crippen molar-refractivity contribution in [3.63, 3.8) is 0 Å². The molecule has 0 atom stereocenters. The fourth-order valence-corrected chi connectivity index (χ4v) is 3.14. The van der Waals surface area contributed by atoms with Gasteiger partial charge in [0.25, 0.3) is 0 Å². The highest BCUT2D eigenvalue weighted by Gasteiger charge is 2.13. The van der Waals surface area contributed by atoms with Gasteiger partial charge in [-0.05, 0) is 47.5 Å². The van der Waals surface area contributed by atoms with Gasteiger partial charge in [-0.3, -0.25) is 4.98 Å². The van der Waals surface area contributed by atoms with Crippen LogP contribution in [0.5, 0.6) is 0 Å². The lowest BCUT2D eigenvalue weighted by molar-refractivity contribution is 0.797. The highest BCUT2D eigenvalue weighted by molar-refractivity contribution is 6.36. The van der Waals surface area contributed by atoms with Crippen molar-refractivity contribution >= 4 is 40.5 Å². The number of aromatic nitrogens is 1. The Bertz CT molecular complexity index is 805. The van der Waals surface area contributed by atoms with Crippen molar-refractivity contribution in [2.45, 2.75) is 13.1 Å². The van der Waals surface area contributed by atoms with Crippen LogP contribution in [0.4, 0.5) is 5.69 Å². The van der Waals surface area contributed by atoms with E-state index in [0.717, 1.165) is 21.8 Å². The summed E-state index contributed by atoms with van der Waals surface area (Å²) in [4.78, 5) is 6.38. The highest BCUT2D eigenvalue weighted by Crippen LogP contribution is 2.31. The van der Waals surface area contributed by atoms with Crippen LogP contribution in [0.2, 0.25) is 15.1 Å². The van der Waals surface area contributed by atoms with Crippen molar-refractivity contribution in [2.24, 2.45) is 0 Å². The van der Waals surface area contributed by atoms with Gasteiger partial charge in [-0.25, -0.2) is 0 Å². The minimum Gasteiger partial charge on any atom is -0.362 e. The average molecular weight is 378 g/mol. The molecule has 0 aliphatic heterocycles. The molecule has 5 heteroatoms. The first-order valence-electron chi connectivity index (χ1n) is 7.45. The van der Waals surface area contributed by atoms with Crippen LogP contribution in [-0.4, -0.2) is 4.98 Å². The molecule has 0 saturated carbocycles. The molecule has 24 heavy (non-hydrogen) atoms. The first-order valence-corrected chi connectivity index (χ1v) is 8.58. The van der Waals surface area contributed by atoms with E-state index in [9.17, 15) is 0 Å². The van der Waals surface area contributed by atoms with E-state index in [4.69, 9.17) is 34.8 Å². The molecular weight excluding hydrogens is 363 g/mol. The van der Waals surface area contributed by atoms with Crippen LogP contribution in [0.25, 0.3) is 0 Å². The quantitative estimate of drug-likeness (QED) is 0.522. The zero-order chi connectivity index (χ0) is 16.9. The molecule has 0 radical (unpaired) electrons. The molecule has 0 saturated heterocycles. The molecule has 0 fully saturated rings. The monoisotopic (exact) mass is 376 g/mol. The van der Waals surface area contributed by atoms with Crippen LogP contribution in [0.1, 0.15) is 11.1 Å². The summed E-state index contributed by atoms with van der Waals surface area (Å²) in [6.45, 7) is 1.39. The molecule has 1 aromatic heterocycles. The number of hydrogen-bond donors (Lipinski definition) is 0. The van der Waals surface area contributed by atoms with Crippen LogP contribution in [0, 0.1) is 0 Å². The lowest BCUT2D eigenvalue weighted by atomic mass is 10.1. The first-order chi connectivity index (χ1) is 11.6. The minimum atomic E-state index is 0.622. The predicted octanol–water partition coefficient (Wildman–Crippen LogP) is 6.25. The molecule has 3 rings (SSSR count). The summed E-state index contributed by atoms with van der Waals surface area (Å²) in [6, 6.07) is 17.3. The number of anilines is 1. The maximum Gasteiger partial charge on any atom is 0.0654 e. The highest BCUT2D eigenvalue weighted by atomic mass is 35.5. The van der Waals surface area contributed by atoms with Gasteiger partial charge < -0.3 is 4.90 Å². The van der Waals surface area contributed by atoms with Gasteiger partial charge in [-0.2, -0.15) is 0 Å². The molecule has 2 aromatic carbocycles. The molecule has 0 aliphatic rings. The molecule has 122 valence electrons. The molecule has 0 bridgehead atoms. The van der Waals surface area contributed by atoms with Gasteiger partial charge in [0.15, 0.2) is 0 Å². The lowest BCUT2D eigenvalue weighted by Gasteiger charge is -2.26. The Morgan fingerprint density at radius 1 is 0.792 bits per heavy atom. The average Bonchev–Trinajstić information content (AvgIpc) is 2.57. The zero-order valence-electron chi connectivity index (χ0n) is 12.8. The van der Waals surface area contributed by atoms with Crippen molar-refractivity contribution in [1.82, 2.24) is 4.98 Å². The van der Waals surface area contributed by atoms with Crippen LogP contribution < -0.4 is 4.90 Å². The van der Waals surface area contributed by atoms with Crippen molar-refractivity contribution in [3.05, 3.63) is 93.2 Å².